The highest BCUT2D eigenvalue weighted by Gasteiger charge is 2.27. The molecular formula is C32H42N6O4. The number of hydrogen-bond acceptors (Lipinski definition) is 7. The third-order valence-corrected chi connectivity index (χ3v) is 8.85. The summed E-state index contributed by atoms with van der Waals surface area (Å²) in [6.45, 7) is 6.49. The molecule has 3 N–H and O–H groups in total. The molecule has 0 spiro atoms. The molecule has 2 amide bonds. The number of piperazine rings is 1. The van der Waals surface area contributed by atoms with Gasteiger partial charge in [-0.15, -0.1) is 0 Å². The average Bonchev–Trinajstić information content (AvgIpc) is 3.02. The molecule has 224 valence electrons. The Kier molecular flexibility index (Phi) is 9.54. The number of aromatic nitrogens is 2. The van der Waals surface area contributed by atoms with Gasteiger partial charge in [-0.05, 0) is 75.8 Å². The molecule has 1 aliphatic heterocycles. The SMILES string of the molecule is CC(CO)N(C[C@H]1CC[C@H](CNC(=O)c2cc(-c3ccc(N4CCN(C)CC4)nc3)nc3ccccc23)CC1)C(=O)O. The Balaban J connectivity index is 1.23. The number of aliphatic hydroxyl groups excluding tert-OH is 1. The van der Waals surface area contributed by atoms with Gasteiger partial charge in [0.05, 0.1) is 29.4 Å². The van der Waals surface area contributed by atoms with E-state index in [0.29, 0.717) is 24.6 Å². The van der Waals surface area contributed by atoms with E-state index < -0.39 is 12.1 Å². The first-order chi connectivity index (χ1) is 20.3. The van der Waals surface area contributed by atoms with Crippen LogP contribution in [0.15, 0.2) is 48.7 Å². The molecule has 10 nitrogen and oxygen atoms in total. The van der Waals surface area contributed by atoms with E-state index in [2.05, 4.69) is 22.2 Å². The molecule has 3 heterocycles. The van der Waals surface area contributed by atoms with E-state index in [9.17, 15) is 19.8 Å². The van der Waals surface area contributed by atoms with Crippen LogP contribution in [0.5, 0.6) is 0 Å². The first kappa shape index (κ1) is 29.7. The second kappa shape index (κ2) is 13.5. The molecule has 1 aliphatic carbocycles. The van der Waals surface area contributed by atoms with E-state index in [1.165, 1.54) is 4.90 Å². The van der Waals surface area contributed by atoms with Crippen LogP contribution in [0.1, 0.15) is 43.0 Å². The topological polar surface area (TPSA) is 122 Å². The zero-order valence-electron chi connectivity index (χ0n) is 24.6. The number of rotatable bonds is 9. The van der Waals surface area contributed by atoms with Crippen LogP contribution in [0.2, 0.25) is 0 Å². The average molecular weight is 575 g/mol. The molecule has 5 rings (SSSR count). The normalized spacial score (nSPS) is 20.3. The summed E-state index contributed by atoms with van der Waals surface area (Å²) in [6, 6.07) is 13.2. The van der Waals surface area contributed by atoms with Crippen molar-refractivity contribution in [3.05, 3.63) is 54.2 Å². The number of amides is 2. The van der Waals surface area contributed by atoms with Gasteiger partial charge in [-0.2, -0.15) is 0 Å². The molecule has 2 fully saturated rings. The van der Waals surface area contributed by atoms with Gasteiger partial charge in [-0.1, -0.05) is 18.2 Å². The number of fused-ring (bicyclic) bond motifs is 1. The molecular weight excluding hydrogens is 532 g/mol. The Morgan fingerprint density at radius 3 is 2.43 bits per heavy atom. The summed E-state index contributed by atoms with van der Waals surface area (Å²) in [4.78, 5) is 40.6. The number of hydrogen-bond donors (Lipinski definition) is 3. The van der Waals surface area contributed by atoms with Crippen molar-refractivity contribution in [1.82, 2.24) is 25.1 Å². The minimum Gasteiger partial charge on any atom is -0.465 e. The van der Waals surface area contributed by atoms with Crippen molar-refractivity contribution in [2.24, 2.45) is 11.8 Å². The number of likely N-dealkylation sites (N-methyl/N-ethyl adjacent to an activating group) is 1. The monoisotopic (exact) mass is 574 g/mol. The van der Waals surface area contributed by atoms with Crippen LogP contribution in [0.3, 0.4) is 0 Å². The maximum atomic E-state index is 13.5. The molecule has 0 radical (unpaired) electrons. The standard InChI is InChI=1S/C32H42N6O4/c1-22(21-39)38(32(41)42)20-24-9-7-23(8-10-24)18-34-31(40)27-17-29(35-28-6-4-3-5-26(27)28)25-11-12-30(33-19-25)37-15-13-36(2)14-16-37/h3-6,11-12,17,19,22-24,39H,7-10,13-16,18,20-21H2,1-2H3,(H,34,40)(H,41,42)/t22?,23-,24-. The lowest BCUT2D eigenvalue weighted by Gasteiger charge is -2.33. The number of nitrogens with zero attached hydrogens (tertiary/aromatic N) is 5. The largest absolute Gasteiger partial charge is 0.465 e. The highest BCUT2D eigenvalue weighted by molar-refractivity contribution is 6.07. The van der Waals surface area contributed by atoms with Gasteiger partial charge in [0, 0.05) is 56.4 Å². The zero-order valence-corrected chi connectivity index (χ0v) is 24.6. The summed E-state index contributed by atoms with van der Waals surface area (Å²) in [7, 11) is 2.14. The van der Waals surface area contributed by atoms with Gasteiger partial charge in [-0.25, -0.2) is 14.8 Å². The molecule has 1 saturated heterocycles. The lowest BCUT2D eigenvalue weighted by Crippen LogP contribution is -2.44. The predicted octanol–water partition coefficient (Wildman–Crippen LogP) is 3.95. The summed E-state index contributed by atoms with van der Waals surface area (Å²) in [5, 5.41) is 22.9. The minimum atomic E-state index is -0.989. The van der Waals surface area contributed by atoms with Gasteiger partial charge in [0.1, 0.15) is 5.82 Å². The second-order valence-corrected chi connectivity index (χ2v) is 11.8. The van der Waals surface area contributed by atoms with E-state index in [1.807, 2.05) is 48.7 Å². The quantitative estimate of drug-likeness (QED) is 0.351. The number of benzene rings is 1. The molecule has 3 aromatic rings. The summed E-state index contributed by atoms with van der Waals surface area (Å²) in [5.74, 6) is 1.45. The Hall–Kier alpha value is -3.76. The van der Waals surface area contributed by atoms with Crippen LogP contribution in [0.4, 0.5) is 10.6 Å². The van der Waals surface area contributed by atoms with Gasteiger partial charge >= 0.3 is 6.09 Å². The van der Waals surface area contributed by atoms with E-state index in [0.717, 1.165) is 79.8 Å². The van der Waals surface area contributed by atoms with Gasteiger partial charge in [0.2, 0.25) is 0 Å². The van der Waals surface area contributed by atoms with Gasteiger partial charge in [0.25, 0.3) is 5.91 Å². The number of nitrogens with one attached hydrogen (secondary N) is 1. The number of para-hydroxylation sites is 1. The van der Waals surface area contributed by atoms with Crippen LogP contribution >= 0.6 is 0 Å². The number of carbonyl (C=O) groups excluding carboxylic acids is 1. The van der Waals surface area contributed by atoms with Crippen molar-refractivity contribution in [2.75, 3.05) is 57.8 Å². The fraction of sp³-hybridized carbons (Fsp3) is 0.500. The van der Waals surface area contributed by atoms with Crippen LogP contribution in [0, 0.1) is 11.8 Å². The van der Waals surface area contributed by atoms with E-state index in [1.54, 1.807) is 6.92 Å². The van der Waals surface area contributed by atoms with Crippen molar-refractivity contribution >= 4 is 28.7 Å². The first-order valence-electron chi connectivity index (χ1n) is 15.0. The highest BCUT2D eigenvalue weighted by Crippen LogP contribution is 2.30. The maximum absolute atomic E-state index is 13.5. The minimum absolute atomic E-state index is 0.118. The Bertz CT molecular complexity index is 1370. The number of carboxylic acid groups (broad SMARTS) is 1. The fourth-order valence-corrected chi connectivity index (χ4v) is 6.05. The zero-order chi connectivity index (χ0) is 29.6. The van der Waals surface area contributed by atoms with Crippen molar-refractivity contribution in [1.29, 1.82) is 0 Å². The van der Waals surface area contributed by atoms with E-state index in [4.69, 9.17) is 9.97 Å². The van der Waals surface area contributed by atoms with Crippen LogP contribution < -0.4 is 10.2 Å². The second-order valence-electron chi connectivity index (χ2n) is 11.8. The summed E-state index contributed by atoms with van der Waals surface area (Å²) >= 11 is 0. The van der Waals surface area contributed by atoms with Crippen LogP contribution in [-0.2, 0) is 0 Å². The van der Waals surface area contributed by atoms with Crippen molar-refractivity contribution < 1.29 is 19.8 Å². The highest BCUT2D eigenvalue weighted by atomic mass is 16.4. The molecule has 1 atom stereocenters. The predicted molar refractivity (Wildman–Crippen MR) is 164 cm³/mol. The maximum Gasteiger partial charge on any atom is 0.407 e. The molecule has 1 saturated carbocycles. The number of aliphatic hydroxyl groups is 1. The summed E-state index contributed by atoms with van der Waals surface area (Å²) in [5.41, 5.74) is 2.96. The molecule has 10 heteroatoms. The lowest BCUT2D eigenvalue weighted by atomic mass is 9.81. The Labute approximate surface area is 247 Å². The van der Waals surface area contributed by atoms with Crippen LogP contribution in [-0.4, -0.2) is 101 Å². The van der Waals surface area contributed by atoms with Crippen molar-refractivity contribution in [2.45, 2.75) is 38.6 Å². The smallest absolute Gasteiger partial charge is 0.407 e. The van der Waals surface area contributed by atoms with Gasteiger partial charge in [0.15, 0.2) is 0 Å². The first-order valence-corrected chi connectivity index (χ1v) is 15.0. The number of carbonyl (C=O) groups is 2. The number of pyridine rings is 2. The number of anilines is 1. The lowest BCUT2D eigenvalue weighted by molar-refractivity contribution is 0.0844. The third kappa shape index (κ3) is 6.99. The van der Waals surface area contributed by atoms with Gasteiger partial charge < -0.3 is 30.2 Å². The molecule has 1 aromatic carbocycles. The molecule has 2 aromatic heterocycles. The summed E-state index contributed by atoms with van der Waals surface area (Å²) < 4.78 is 0. The molecule has 42 heavy (non-hydrogen) atoms. The van der Waals surface area contributed by atoms with Crippen molar-refractivity contribution in [3.8, 4) is 11.3 Å². The van der Waals surface area contributed by atoms with Gasteiger partial charge in [-0.3, -0.25) is 4.79 Å². The Morgan fingerprint density at radius 2 is 1.76 bits per heavy atom. The summed E-state index contributed by atoms with van der Waals surface area (Å²) in [6.07, 6.45) is 4.53. The van der Waals surface area contributed by atoms with Crippen LogP contribution in [0.25, 0.3) is 22.2 Å². The van der Waals surface area contributed by atoms with Crippen molar-refractivity contribution in [3.63, 3.8) is 0 Å². The third-order valence-electron chi connectivity index (χ3n) is 8.85. The molecule has 1 unspecified atom stereocenters. The van der Waals surface area contributed by atoms with E-state index in [-0.39, 0.29) is 18.4 Å². The Morgan fingerprint density at radius 1 is 1.05 bits per heavy atom. The fourth-order valence-electron chi connectivity index (χ4n) is 6.05. The molecule has 2 aliphatic rings. The van der Waals surface area contributed by atoms with E-state index >= 15 is 0 Å². The molecule has 0 bridgehead atoms.